The Morgan fingerprint density at radius 3 is 2.61 bits per heavy atom. The van der Waals surface area contributed by atoms with Crippen LogP contribution < -0.4 is 14.8 Å². The summed E-state index contributed by atoms with van der Waals surface area (Å²) in [6, 6.07) is 9.50. The number of aromatic nitrogens is 2. The maximum absolute atomic E-state index is 5.25. The van der Waals surface area contributed by atoms with E-state index in [-0.39, 0.29) is 0 Å². The smallest absolute Gasteiger partial charge is 0.161 e. The summed E-state index contributed by atoms with van der Waals surface area (Å²) in [5.74, 6) is 2.18. The van der Waals surface area contributed by atoms with Crippen LogP contribution in [-0.2, 0) is 6.54 Å². The standard InChI is InChI=1S/C13H15N3O2/c1-17-11-6-5-10(8-12(11)18-2)9-14-13-4-3-7-15-16-13/h3-8H,9H2,1-2H3,(H,14,16). The number of anilines is 1. The molecule has 18 heavy (non-hydrogen) atoms. The molecule has 0 aliphatic heterocycles. The highest BCUT2D eigenvalue weighted by Crippen LogP contribution is 2.27. The second kappa shape index (κ2) is 5.86. The van der Waals surface area contributed by atoms with Crippen molar-refractivity contribution in [2.45, 2.75) is 6.54 Å². The van der Waals surface area contributed by atoms with E-state index in [0.717, 1.165) is 22.9 Å². The van der Waals surface area contributed by atoms with Gasteiger partial charge in [-0.3, -0.25) is 0 Å². The van der Waals surface area contributed by atoms with Gasteiger partial charge in [0.2, 0.25) is 0 Å². The summed E-state index contributed by atoms with van der Waals surface area (Å²) in [4.78, 5) is 0. The molecule has 0 aliphatic carbocycles. The molecule has 1 N–H and O–H groups in total. The van der Waals surface area contributed by atoms with E-state index in [1.807, 2.05) is 30.3 Å². The largest absolute Gasteiger partial charge is 0.493 e. The number of methoxy groups -OCH3 is 2. The van der Waals surface area contributed by atoms with E-state index in [1.54, 1.807) is 20.4 Å². The second-order valence-corrected chi connectivity index (χ2v) is 3.65. The van der Waals surface area contributed by atoms with Crippen molar-refractivity contribution in [1.82, 2.24) is 10.2 Å². The summed E-state index contributed by atoms with van der Waals surface area (Å²) >= 11 is 0. The monoisotopic (exact) mass is 245 g/mol. The molecule has 5 heteroatoms. The number of hydrogen-bond acceptors (Lipinski definition) is 5. The van der Waals surface area contributed by atoms with E-state index >= 15 is 0 Å². The van der Waals surface area contributed by atoms with Crippen LogP contribution in [0.15, 0.2) is 36.5 Å². The summed E-state index contributed by atoms with van der Waals surface area (Å²) in [5, 5.41) is 10.9. The zero-order chi connectivity index (χ0) is 12.8. The number of hydrogen-bond donors (Lipinski definition) is 1. The molecule has 0 atom stereocenters. The average Bonchev–Trinajstić information content (AvgIpc) is 2.45. The lowest BCUT2D eigenvalue weighted by atomic mass is 10.2. The van der Waals surface area contributed by atoms with Crippen molar-refractivity contribution < 1.29 is 9.47 Å². The van der Waals surface area contributed by atoms with Crippen LogP contribution in [0.25, 0.3) is 0 Å². The molecule has 2 aromatic rings. The van der Waals surface area contributed by atoms with Crippen LogP contribution in [0.4, 0.5) is 5.82 Å². The molecular weight excluding hydrogens is 230 g/mol. The van der Waals surface area contributed by atoms with Crippen molar-refractivity contribution in [3.63, 3.8) is 0 Å². The van der Waals surface area contributed by atoms with Crippen molar-refractivity contribution in [2.24, 2.45) is 0 Å². The van der Waals surface area contributed by atoms with E-state index in [1.165, 1.54) is 0 Å². The minimum absolute atomic E-state index is 0.652. The molecule has 2 rings (SSSR count). The van der Waals surface area contributed by atoms with Gasteiger partial charge in [-0.25, -0.2) is 0 Å². The van der Waals surface area contributed by atoms with Gasteiger partial charge in [0.25, 0.3) is 0 Å². The molecule has 0 unspecified atom stereocenters. The van der Waals surface area contributed by atoms with Crippen LogP contribution in [0, 0.1) is 0 Å². The Bertz CT molecular complexity index is 503. The molecule has 0 fully saturated rings. The second-order valence-electron chi connectivity index (χ2n) is 3.65. The van der Waals surface area contributed by atoms with E-state index in [4.69, 9.17) is 9.47 Å². The van der Waals surface area contributed by atoms with Gasteiger partial charge in [-0.2, -0.15) is 5.10 Å². The zero-order valence-corrected chi connectivity index (χ0v) is 10.4. The first kappa shape index (κ1) is 12.2. The number of rotatable bonds is 5. The third-order valence-corrected chi connectivity index (χ3v) is 2.49. The highest BCUT2D eigenvalue weighted by molar-refractivity contribution is 5.44. The maximum atomic E-state index is 5.25. The van der Waals surface area contributed by atoms with Crippen LogP contribution in [0.5, 0.6) is 11.5 Å². The first-order valence-corrected chi connectivity index (χ1v) is 5.56. The van der Waals surface area contributed by atoms with Crippen molar-refractivity contribution in [3.05, 3.63) is 42.1 Å². The molecule has 94 valence electrons. The predicted molar refractivity (Wildman–Crippen MR) is 68.9 cm³/mol. The van der Waals surface area contributed by atoms with Crippen LogP contribution in [0.2, 0.25) is 0 Å². The molecule has 1 aromatic carbocycles. The van der Waals surface area contributed by atoms with Gasteiger partial charge in [0.15, 0.2) is 11.5 Å². The molecule has 0 saturated carbocycles. The quantitative estimate of drug-likeness (QED) is 0.874. The fourth-order valence-electron chi connectivity index (χ4n) is 1.58. The number of nitrogens with zero attached hydrogens (tertiary/aromatic N) is 2. The van der Waals surface area contributed by atoms with Gasteiger partial charge in [0.1, 0.15) is 5.82 Å². The Morgan fingerprint density at radius 2 is 1.94 bits per heavy atom. The van der Waals surface area contributed by atoms with Gasteiger partial charge in [-0.15, -0.1) is 5.10 Å². The van der Waals surface area contributed by atoms with Crippen LogP contribution in [-0.4, -0.2) is 24.4 Å². The number of ether oxygens (including phenoxy) is 2. The highest BCUT2D eigenvalue weighted by Gasteiger charge is 2.04. The Balaban J connectivity index is 2.06. The minimum atomic E-state index is 0.652. The molecule has 0 aliphatic rings. The lowest BCUT2D eigenvalue weighted by Gasteiger charge is -2.10. The Kier molecular flexibility index (Phi) is 3.96. The fourth-order valence-corrected chi connectivity index (χ4v) is 1.58. The van der Waals surface area contributed by atoms with Crippen LogP contribution in [0.3, 0.4) is 0 Å². The Morgan fingerprint density at radius 1 is 1.11 bits per heavy atom. The summed E-state index contributed by atoms with van der Waals surface area (Å²) in [7, 11) is 3.24. The number of nitrogens with one attached hydrogen (secondary N) is 1. The van der Waals surface area contributed by atoms with Gasteiger partial charge < -0.3 is 14.8 Å². The third-order valence-electron chi connectivity index (χ3n) is 2.49. The van der Waals surface area contributed by atoms with Crippen molar-refractivity contribution in [1.29, 1.82) is 0 Å². The van der Waals surface area contributed by atoms with Gasteiger partial charge >= 0.3 is 0 Å². The maximum Gasteiger partial charge on any atom is 0.161 e. The molecule has 5 nitrogen and oxygen atoms in total. The Hall–Kier alpha value is -2.30. The predicted octanol–water partition coefficient (Wildman–Crippen LogP) is 2.11. The van der Waals surface area contributed by atoms with E-state index in [9.17, 15) is 0 Å². The van der Waals surface area contributed by atoms with Gasteiger partial charge in [0.05, 0.1) is 14.2 Å². The molecule has 1 aromatic heterocycles. The SMILES string of the molecule is COc1ccc(CNc2cccnn2)cc1OC. The van der Waals surface area contributed by atoms with E-state index in [2.05, 4.69) is 15.5 Å². The zero-order valence-electron chi connectivity index (χ0n) is 10.4. The summed E-state index contributed by atoms with van der Waals surface area (Å²) in [6.07, 6.45) is 1.64. The highest BCUT2D eigenvalue weighted by atomic mass is 16.5. The normalized spacial score (nSPS) is 9.89. The molecule has 0 amide bonds. The van der Waals surface area contributed by atoms with Crippen molar-refractivity contribution in [2.75, 3.05) is 19.5 Å². The fraction of sp³-hybridized carbons (Fsp3) is 0.231. The first-order chi connectivity index (χ1) is 8.83. The van der Waals surface area contributed by atoms with Gasteiger partial charge in [-0.1, -0.05) is 6.07 Å². The molecule has 0 saturated heterocycles. The molecule has 0 spiro atoms. The van der Waals surface area contributed by atoms with Crippen molar-refractivity contribution >= 4 is 5.82 Å². The van der Waals surface area contributed by atoms with Crippen LogP contribution >= 0.6 is 0 Å². The molecular formula is C13H15N3O2. The molecule has 0 bridgehead atoms. The van der Waals surface area contributed by atoms with Crippen LogP contribution in [0.1, 0.15) is 5.56 Å². The van der Waals surface area contributed by atoms with Gasteiger partial charge in [0, 0.05) is 12.7 Å². The van der Waals surface area contributed by atoms with Crippen molar-refractivity contribution in [3.8, 4) is 11.5 Å². The number of benzene rings is 1. The first-order valence-electron chi connectivity index (χ1n) is 5.56. The third kappa shape index (κ3) is 2.88. The Labute approximate surface area is 106 Å². The summed E-state index contributed by atoms with van der Waals surface area (Å²) in [5.41, 5.74) is 1.08. The summed E-state index contributed by atoms with van der Waals surface area (Å²) < 4.78 is 10.4. The molecule has 1 heterocycles. The van der Waals surface area contributed by atoms with E-state index < -0.39 is 0 Å². The summed E-state index contributed by atoms with van der Waals surface area (Å²) in [6.45, 7) is 0.652. The lowest BCUT2D eigenvalue weighted by Crippen LogP contribution is -2.02. The average molecular weight is 245 g/mol. The minimum Gasteiger partial charge on any atom is -0.493 e. The lowest BCUT2D eigenvalue weighted by molar-refractivity contribution is 0.354. The topological polar surface area (TPSA) is 56.3 Å². The van der Waals surface area contributed by atoms with Gasteiger partial charge in [-0.05, 0) is 29.8 Å². The van der Waals surface area contributed by atoms with E-state index in [0.29, 0.717) is 6.54 Å². The molecule has 0 radical (unpaired) electrons.